The highest BCUT2D eigenvalue weighted by molar-refractivity contribution is 6.17. The number of nitro benzene ring substituents is 1. The fraction of sp³-hybridized carbons (Fsp3) is 0.300. The number of carboxylic acid groups (broad SMARTS) is 1. The minimum atomic E-state index is -3.25. The number of hydrogen-bond donors (Lipinski definition) is 1. The van der Waals surface area contributed by atoms with Gasteiger partial charge in [0.1, 0.15) is 0 Å². The molecule has 0 aliphatic rings. The van der Waals surface area contributed by atoms with E-state index in [0.717, 1.165) is 12.1 Å². The molecule has 0 unspecified atom stereocenters. The van der Waals surface area contributed by atoms with E-state index in [-0.39, 0.29) is 17.0 Å². The van der Waals surface area contributed by atoms with Crippen molar-refractivity contribution in [3.8, 4) is 5.75 Å². The van der Waals surface area contributed by atoms with Gasteiger partial charge in [-0.15, -0.1) is 11.6 Å². The van der Waals surface area contributed by atoms with Crippen molar-refractivity contribution in [3.63, 3.8) is 0 Å². The highest BCUT2D eigenvalue weighted by Gasteiger charge is 2.22. The van der Waals surface area contributed by atoms with Crippen LogP contribution >= 0.6 is 11.6 Å². The Labute approximate surface area is 110 Å². The van der Waals surface area contributed by atoms with E-state index in [4.69, 9.17) is 16.7 Å². The van der Waals surface area contributed by atoms with E-state index < -0.39 is 35.4 Å². The lowest BCUT2D eigenvalue weighted by Crippen LogP contribution is -2.08. The number of halogens is 3. The largest absolute Gasteiger partial charge is 0.481 e. The van der Waals surface area contributed by atoms with Crippen molar-refractivity contribution in [1.29, 1.82) is 0 Å². The molecule has 1 N–H and O–H groups in total. The summed E-state index contributed by atoms with van der Waals surface area (Å²) in [6, 6.07) is 1.83. The van der Waals surface area contributed by atoms with Gasteiger partial charge in [0, 0.05) is 11.9 Å². The van der Waals surface area contributed by atoms with E-state index in [0.29, 0.717) is 0 Å². The van der Waals surface area contributed by atoms with Gasteiger partial charge in [0.15, 0.2) is 0 Å². The summed E-state index contributed by atoms with van der Waals surface area (Å²) in [5.41, 5.74) is -0.425. The molecule has 0 aliphatic heterocycles. The van der Waals surface area contributed by atoms with E-state index >= 15 is 0 Å². The van der Waals surface area contributed by atoms with Crippen LogP contribution < -0.4 is 4.74 Å². The Bertz CT molecular complexity index is 509. The lowest BCUT2D eigenvalue weighted by atomic mass is 10.0. The van der Waals surface area contributed by atoms with Gasteiger partial charge in [0.2, 0.25) is 5.75 Å². The normalized spacial score (nSPS) is 10.5. The van der Waals surface area contributed by atoms with Gasteiger partial charge in [-0.3, -0.25) is 14.9 Å². The topological polar surface area (TPSA) is 89.7 Å². The second kappa shape index (κ2) is 6.28. The van der Waals surface area contributed by atoms with Crippen LogP contribution in [-0.2, 0) is 17.1 Å². The number of benzene rings is 1. The highest BCUT2D eigenvalue weighted by atomic mass is 35.5. The van der Waals surface area contributed by atoms with Crippen LogP contribution in [0.5, 0.6) is 5.75 Å². The molecule has 0 spiro atoms. The standard InChI is InChI=1S/C10H8ClF2NO5/c11-4-6-1-7(14(17)18)8(19-10(12)13)2-5(6)3-9(15)16/h1-2,10H,3-4H2,(H,15,16). The second-order valence-electron chi connectivity index (χ2n) is 3.43. The van der Waals surface area contributed by atoms with Crippen LogP contribution in [0.4, 0.5) is 14.5 Å². The highest BCUT2D eigenvalue weighted by Crippen LogP contribution is 2.32. The Morgan fingerprint density at radius 1 is 1.47 bits per heavy atom. The van der Waals surface area contributed by atoms with Crippen molar-refractivity contribution in [2.24, 2.45) is 0 Å². The molecule has 1 aromatic carbocycles. The van der Waals surface area contributed by atoms with E-state index in [1.54, 1.807) is 0 Å². The number of nitro groups is 1. The number of nitrogens with zero attached hydrogens (tertiary/aromatic N) is 1. The third-order valence-electron chi connectivity index (χ3n) is 2.18. The third-order valence-corrected chi connectivity index (χ3v) is 2.47. The van der Waals surface area contributed by atoms with Crippen LogP contribution in [0, 0.1) is 10.1 Å². The quantitative estimate of drug-likeness (QED) is 0.495. The molecule has 0 bridgehead atoms. The van der Waals surface area contributed by atoms with Crippen LogP contribution in [0.25, 0.3) is 0 Å². The number of hydrogen-bond acceptors (Lipinski definition) is 4. The zero-order valence-electron chi connectivity index (χ0n) is 9.31. The minimum Gasteiger partial charge on any atom is -0.481 e. The minimum absolute atomic E-state index is 0.0868. The fourth-order valence-electron chi connectivity index (χ4n) is 1.44. The summed E-state index contributed by atoms with van der Waals surface area (Å²) >= 11 is 5.55. The fourth-order valence-corrected chi connectivity index (χ4v) is 1.69. The number of carbonyl (C=O) groups is 1. The summed E-state index contributed by atoms with van der Waals surface area (Å²) < 4.78 is 28.3. The van der Waals surface area contributed by atoms with Crippen LogP contribution in [0.15, 0.2) is 12.1 Å². The molecular formula is C10H8ClF2NO5. The second-order valence-corrected chi connectivity index (χ2v) is 3.70. The molecule has 0 aliphatic carbocycles. The monoisotopic (exact) mass is 295 g/mol. The van der Waals surface area contributed by atoms with Crippen molar-refractivity contribution in [3.05, 3.63) is 33.4 Å². The molecule has 6 nitrogen and oxygen atoms in total. The maximum atomic E-state index is 12.2. The van der Waals surface area contributed by atoms with E-state index in [1.807, 2.05) is 0 Å². The Morgan fingerprint density at radius 3 is 2.53 bits per heavy atom. The summed E-state index contributed by atoms with van der Waals surface area (Å²) in [7, 11) is 0. The molecule has 0 heterocycles. The molecule has 19 heavy (non-hydrogen) atoms. The van der Waals surface area contributed by atoms with E-state index in [9.17, 15) is 23.7 Å². The Morgan fingerprint density at radius 2 is 2.11 bits per heavy atom. The molecule has 0 radical (unpaired) electrons. The summed E-state index contributed by atoms with van der Waals surface area (Å²) in [4.78, 5) is 20.4. The summed E-state index contributed by atoms with van der Waals surface area (Å²) in [6.45, 7) is -3.25. The van der Waals surface area contributed by atoms with Crippen LogP contribution in [-0.4, -0.2) is 22.6 Å². The molecule has 0 aromatic heterocycles. The first-order valence-corrected chi connectivity index (χ1v) is 5.41. The average Bonchev–Trinajstić information content (AvgIpc) is 2.27. The molecular weight excluding hydrogens is 288 g/mol. The van der Waals surface area contributed by atoms with Gasteiger partial charge in [-0.1, -0.05) is 0 Å². The summed E-state index contributed by atoms with van der Waals surface area (Å²) in [5, 5.41) is 19.4. The SMILES string of the molecule is O=C(O)Cc1cc(OC(F)F)c([N+](=O)[O-])cc1CCl. The number of aliphatic carboxylic acids is 1. The van der Waals surface area contributed by atoms with Gasteiger partial charge in [-0.25, -0.2) is 0 Å². The smallest absolute Gasteiger partial charge is 0.387 e. The van der Waals surface area contributed by atoms with Crippen LogP contribution in [0.1, 0.15) is 11.1 Å². The number of carboxylic acids is 1. The molecule has 1 aromatic rings. The predicted octanol–water partition coefficient (Wildman–Crippen LogP) is 2.56. The zero-order chi connectivity index (χ0) is 14.6. The van der Waals surface area contributed by atoms with Gasteiger partial charge in [0.05, 0.1) is 11.3 Å². The zero-order valence-corrected chi connectivity index (χ0v) is 10.1. The average molecular weight is 296 g/mol. The van der Waals surface area contributed by atoms with Gasteiger partial charge in [-0.05, 0) is 17.2 Å². The van der Waals surface area contributed by atoms with Crippen molar-refractivity contribution >= 4 is 23.3 Å². The molecule has 0 amide bonds. The molecule has 0 saturated carbocycles. The van der Waals surface area contributed by atoms with Gasteiger partial charge < -0.3 is 9.84 Å². The Balaban J connectivity index is 3.33. The maximum Gasteiger partial charge on any atom is 0.387 e. The maximum absolute atomic E-state index is 12.2. The predicted molar refractivity (Wildman–Crippen MR) is 60.6 cm³/mol. The van der Waals surface area contributed by atoms with Gasteiger partial charge in [0.25, 0.3) is 0 Å². The molecule has 0 saturated heterocycles. The lowest BCUT2D eigenvalue weighted by molar-refractivity contribution is -0.386. The molecule has 104 valence electrons. The molecule has 0 fully saturated rings. The van der Waals surface area contributed by atoms with Crippen molar-refractivity contribution in [2.45, 2.75) is 18.9 Å². The summed E-state index contributed by atoms with van der Waals surface area (Å²) in [5.74, 6) is -2.09. The first-order chi connectivity index (χ1) is 8.85. The Kier molecular flexibility index (Phi) is 4.99. The summed E-state index contributed by atoms with van der Waals surface area (Å²) in [6.07, 6.45) is -0.500. The van der Waals surface area contributed by atoms with Gasteiger partial charge in [-0.2, -0.15) is 8.78 Å². The van der Waals surface area contributed by atoms with E-state index in [1.165, 1.54) is 0 Å². The number of alkyl halides is 3. The van der Waals surface area contributed by atoms with Crippen molar-refractivity contribution in [2.75, 3.05) is 0 Å². The van der Waals surface area contributed by atoms with Crippen molar-refractivity contribution in [1.82, 2.24) is 0 Å². The molecule has 9 heteroatoms. The van der Waals surface area contributed by atoms with Crippen LogP contribution in [0.3, 0.4) is 0 Å². The van der Waals surface area contributed by atoms with Crippen LogP contribution in [0.2, 0.25) is 0 Å². The van der Waals surface area contributed by atoms with E-state index in [2.05, 4.69) is 4.74 Å². The first-order valence-electron chi connectivity index (χ1n) is 4.88. The van der Waals surface area contributed by atoms with Gasteiger partial charge >= 0.3 is 18.3 Å². The number of rotatable bonds is 6. The Hall–Kier alpha value is -1.96. The first kappa shape index (κ1) is 15.1. The molecule has 1 rings (SSSR count). The lowest BCUT2D eigenvalue weighted by Gasteiger charge is -2.10. The molecule has 0 atom stereocenters. The van der Waals surface area contributed by atoms with Crippen molar-refractivity contribution < 1.29 is 28.3 Å². The third kappa shape index (κ3) is 4.02. The number of ether oxygens (including phenoxy) is 1.